The molecule has 1 aromatic rings. The van der Waals surface area contributed by atoms with E-state index in [-0.39, 0.29) is 17.7 Å². The largest absolute Gasteiger partial charge is 0.481 e. The van der Waals surface area contributed by atoms with Crippen molar-refractivity contribution >= 4 is 11.9 Å². The summed E-state index contributed by atoms with van der Waals surface area (Å²) in [7, 11) is 1.82. The normalized spacial score (nSPS) is 23.0. The number of rotatable bonds is 4. The molecule has 2 atom stereocenters. The number of hydrogen-bond acceptors (Lipinski definition) is 3. The lowest BCUT2D eigenvalue weighted by atomic mass is 9.81. The van der Waals surface area contributed by atoms with E-state index in [1.165, 1.54) is 0 Å². The fourth-order valence-electron chi connectivity index (χ4n) is 2.55. The van der Waals surface area contributed by atoms with Crippen molar-refractivity contribution in [2.45, 2.75) is 32.2 Å². The minimum Gasteiger partial charge on any atom is -0.481 e. The molecule has 1 heterocycles. The predicted molar refractivity (Wildman–Crippen MR) is 68.1 cm³/mol. The van der Waals surface area contributed by atoms with Crippen LogP contribution in [0.1, 0.15) is 31.2 Å². The summed E-state index contributed by atoms with van der Waals surface area (Å²) in [5.41, 5.74) is 0.946. The highest BCUT2D eigenvalue weighted by atomic mass is 16.4. The van der Waals surface area contributed by atoms with Gasteiger partial charge in [-0.3, -0.25) is 14.3 Å². The highest BCUT2D eigenvalue weighted by Gasteiger charge is 2.30. The Bertz CT molecular complexity index is 469. The van der Waals surface area contributed by atoms with E-state index in [1.807, 2.05) is 13.2 Å². The average molecular weight is 265 g/mol. The third-order valence-corrected chi connectivity index (χ3v) is 3.62. The van der Waals surface area contributed by atoms with Crippen LogP contribution in [0, 0.1) is 11.8 Å². The summed E-state index contributed by atoms with van der Waals surface area (Å²) in [5, 5.41) is 15.9. The molecule has 1 aliphatic carbocycles. The second-order valence-corrected chi connectivity index (χ2v) is 5.14. The first-order valence-corrected chi connectivity index (χ1v) is 6.54. The van der Waals surface area contributed by atoms with Crippen molar-refractivity contribution in [2.75, 3.05) is 0 Å². The molecule has 0 bridgehead atoms. The number of carboxylic acids is 1. The Morgan fingerprint density at radius 3 is 2.84 bits per heavy atom. The first kappa shape index (κ1) is 13.6. The number of amides is 1. The molecule has 1 aromatic heterocycles. The van der Waals surface area contributed by atoms with Crippen molar-refractivity contribution in [3.8, 4) is 0 Å². The van der Waals surface area contributed by atoms with Gasteiger partial charge in [-0.05, 0) is 19.3 Å². The minimum absolute atomic E-state index is 0.0465. The summed E-state index contributed by atoms with van der Waals surface area (Å²) in [6, 6.07) is 0. The molecular formula is C13H19N3O3. The Morgan fingerprint density at radius 1 is 1.47 bits per heavy atom. The van der Waals surface area contributed by atoms with Crippen molar-refractivity contribution in [2.24, 2.45) is 18.9 Å². The molecule has 1 amide bonds. The molecule has 0 radical (unpaired) electrons. The molecule has 2 unspecified atom stereocenters. The molecular weight excluding hydrogens is 246 g/mol. The predicted octanol–water partition coefficient (Wildman–Crippen LogP) is 0.927. The summed E-state index contributed by atoms with van der Waals surface area (Å²) in [6.07, 6.45) is 6.28. The first-order valence-electron chi connectivity index (χ1n) is 6.54. The standard InChI is InChI=1S/C13H19N3O3/c1-16-8-9(7-15-16)6-14-12(17)10-3-2-4-11(5-10)13(18)19/h7-8,10-11H,2-6H2,1H3,(H,14,17)(H,18,19). The van der Waals surface area contributed by atoms with Crippen LogP contribution in [0.3, 0.4) is 0 Å². The van der Waals surface area contributed by atoms with E-state index in [4.69, 9.17) is 5.11 Å². The van der Waals surface area contributed by atoms with Gasteiger partial charge in [0.05, 0.1) is 12.1 Å². The number of carbonyl (C=O) groups excluding carboxylic acids is 1. The summed E-state index contributed by atoms with van der Waals surface area (Å²) < 4.78 is 1.68. The van der Waals surface area contributed by atoms with E-state index in [9.17, 15) is 9.59 Å². The lowest BCUT2D eigenvalue weighted by Gasteiger charge is -2.25. The van der Waals surface area contributed by atoms with Crippen LogP contribution in [0.25, 0.3) is 0 Å². The van der Waals surface area contributed by atoms with Gasteiger partial charge in [0.25, 0.3) is 0 Å². The molecule has 104 valence electrons. The Morgan fingerprint density at radius 2 is 2.21 bits per heavy atom. The van der Waals surface area contributed by atoms with Crippen LogP contribution in [0.15, 0.2) is 12.4 Å². The zero-order chi connectivity index (χ0) is 13.8. The fraction of sp³-hybridized carbons (Fsp3) is 0.615. The van der Waals surface area contributed by atoms with Gasteiger partial charge in [0.2, 0.25) is 5.91 Å². The maximum absolute atomic E-state index is 12.0. The molecule has 6 heteroatoms. The van der Waals surface area contributed by atoms with Crippen LogP contribution in [0.4, 0.5) is 0 Å². The molecule has 1 saturated carbocycles. The molecule has 19 heavy (non-hydrogen) atoms. The van der Waals surface area contributed by atoms with Gasteiger partial charge in [0, 0.05) is 31.3 Å². The van der Waals surface area contributed by atoms with Gasteiger partial charge in [-0.1, -0.05) is 6.42 Å². The molecule has 0 saturated heterocycles. The van der Waals surface area contributed by atoms with Gasteiger partial charge >= 0.3 is 5.97 Å². The van der Waals surface area contributed by atoms with Crippen LogP contribution in [0.5, 0.6) is 0 Å². The Hall–Kier alpha value is -1.85. The SMILES string of the molecule is Cn1cc(CNC(=O)C2CCCC(C(=O)O)C2)cn1. The summed E-state index contributed by atoms with van der Waals surface area (Å²) in [4.78, 5) is 23.0. The van der Waals surface area contributed by atoms with Gasteiger partial charge in [-0.25, -0.2) is 0 Å². The second kappa shape index (κ2) is 5.86. The van der Waals surface area contributed by atoms with Gasteiger partial charge in [-0.15, -0.1) is 0 Å². The number of carbonyl (C=O) groups is 2. The highest BCUT2D eigenvalue weighted by molar-refractivity contribution is 5.80. The quantitative estimate of drug-likeness (QED) is 0.848. The van der Waals surface area contributed by atoms with Gasteiger partial charge < -0.3 is 10.4 Å². The molecule has 2 rings (SSSR count). The maximum Gasteiger partial charge on any atom is 0.306 e. The van der Waals surface area contributed by atoms with Crippen LogP contribution in [-0.4, -0.2) is 26.8 Å². The van der Waals surface area contributed by atoms with E-state index in [0.29, 0.717) is 19.4 Å². The molecule has 1 fully saturated rings. The summed E-state index contributed by atoms with van der Waals surface area (Å²) >= 11 is 0. The Balaban J connectivity index is 1.84. The fourth-order valence-corrected chi connectivity index (χ4v) is 2.55. The van der Waals surface area contributed by atoms with Gasteiger partial charge in [0.1, 0.15) is 0 Å². The number of aromatic nitrogens is 2. The zero-order valence-electron chi connectivity index (χ0n) is 11.0. The van der Waals surface area contributed by atoms with E-state index in [0.717, 1.165) is 18.4 Å². The highest BCUT2D eigenvalue weighted by Crippen LogP contribution is 2.29. The zero-order valence-corrected chi connectivity index (χ0v) is 11.0. The monoisotopic (exact) mass is 265 g/mol. The average Bonchev–Trinajstić information content (AvgIpc) is 2.82. The number of aliphatic carboxylic acids is 1. The lowest BCUT2D eigenvalue weighted by Crippen LogP contribution is -2.35. The third kappa shape index (κ3) is 3.56. The summed E-state index contributed by atoms with van der Waals surface area (Å²) in [6.45, 7) is 0.445. The lowest BCUT2D eigenvalue weighted by molar-refractivity contribution is -0.144. The number of aryl methyl sites for hydroxylation is 1. The number of nitrogens with zero attached hydrogens (tertiary/aromatic N) is 2. The van der Waals surface area contributed by atoms with Crippen molar-refractivity contribution in [3.05, 3.63) is 18.0 Å². The van der Waals surface area contributed by atoms with Gasteiger partial charge in [-0.2, -0.15) is 5.10 Å². The first-order chi connectivity index (χ1) is 9.06. The van der Waals surface area contributed by atoms with Crippen molar-refractivity contribution < 1.29 is 14.7 Å². The summed E-state index contributed by atoms with van der Waals surface area (Å²) in [5.74, 6) is -1.38. The third-order valence-electron chi connectivity index (χ3n) is 3.62. The smallest absolute Gasteiger partial charge is 0.306 e. The second-order valence-electron chi connectivity index (χ2n) is 5.14. The molecule has 2 N–H and O–H groups in total. The van der Waals surface area contributed by atoms with Crippen LogP contribution in [-0.2, 0) is 23.2 Å². The van der Waals surface area contributed by atoms with Crippen molar-refractivity contribution in [1.82, 2.24) is 15.1 Å². The molecule has 0 aliphatic heterocycles. The number of carboxylic acid groups (broad SMARTS) is 1. The topological polar surface area (TPSA) is 84.2 Å². The van der Waals surface area contributed by atoms with Crippen LogP contribution >= 0.6 is 0 Å². The molecule has 0 spiro atoms. The van der Waals surface area contributed by atoms with Gasteiger partial charge in [0.15, 0.2) is 0 Å². The number of hydrogen-bond donors (Lipinski definition) is 2. The Labute approximate surface area is 111 Å². The van der Waals surface area contributed by atoms with E-state index in [1.54, 1.807) is 10.9 Å². The van der Waals surface area contributed by atoms with Crippen LogP contribution in [0.2, 0.25) is 0 Å². The van der Waals surface area contributed by atoms with E-state index < -0.39 is 5.97 Å². The Kier molecular flexibility index (Phi) is 4.19. The van der Waals surface area contributed by atoms with E-state index >= 15 is 0 Å². The van der Waals surface area contributed by atoms with E-state index in [2.05, 4.69) is 10.4 Å². The van der Waals surface area contributed by atoms with Crippen LogP contribution < -0.4 is 5.32 Å². The molecule has 6 nitrogen and oxygen atoms in total. The molecule has 1 aliphatic rings. The maximum atomic E-state index is 12.0. The molecule has 0 aromatic carbocycles. The minimum atomic E-state index is -0.787. The van der Waals surface area contributed by atoms with Crippen molar-refractivity contribution in [1.29, 1.82) is 0 Å². The van der Waals surface area contributed by atoms with Crippen molar-refractivity contribution in [3.63, 3.8) is 0 Å². The number of nitrogens with one attached hydrogen (secondary N) is 1.